The molecule has 15 heterocycles. The Labute approximate surface area is 789 Å². The highest BCUT2D eigenvalue weighted by Gasteiger charge is 2.49. The molecule has 18 rings (SSSR count). The van der Waals surface area contributed by atoms with Crippen LogP contribution in [0.1, 0.15) is 249 Å². The number of pyridine rings is 1. The van der Waals surface area contributed by atoms with E-state index in [1.54, 1.807) is 62.2 Å². The molecule has 12 aliphatic rings. The molecular formula is C103H147FN12O16S. The van der Waals surface area contributed by atoms with E-state index in [9.17, 15) is 48.5 Å². The van der Waals surface area contributed by atoms with E-state index in [1.807, 2.05) is 73.1 Å². The van der Waals surface area contributed by atoms with Crippen molar-refractivity contribution in [2.75, 3.05) is 87.8 Å². The third-order valence-corrected chi connectivity index (χ3v) is 32.1. The van der Waals surface area contributed by atoms with Gasteiger partial charge in [0.15, 0.2) is 0 Å². The van der Waals surface area contributed by atoms with Crippen molar-refractivity contribution in [2.24, 2.45) is 17.2 Å². The highest BCUT2D eigenvalue weighted by Crippen LogP contribution is 2.44. The van der Waals surface area contributed by atoms with Crippen LogP contribution in [-0.2, 0) is 62.6 Å². The van der Waals surface area contributed by atoms with Gasteiger partial charge >= 0.3 is 35.8 Å². The van der Waals surface area contributed by atoms with Gasteiger partial charge in [-0.3, -0.25) is 43.6 Å². The molecule has 12 aliphatic heterocycles. The normalized spacial score (nSPS) is 29.4. The first kappa shape index (κ1) is 102. The Bertz CT molecular complexity index is 4630. The van der Waals surface area contributed by atoms with Crippen LogP contribution in [-0.4, -0.2) is 292 Å². The molecule has 12 bridgehead atoms. The lowest BCUT2D eigenvalue weighted by Gasteiger charge is -2.38. The van der Waals surface area contributed by atoms with Crippen molar-refractivity contribution in [1.82, 2.24) is 44.4 Å². The number of fused-ring (bicyclic) bond motifs is 12. The molecule has 18 unspecified atom stereocenters. The molecule has 0 radical (unpaired) electrons. The van der Waals surface area contributed by atoms with E-state index in [-0.39, 0.29) is 111 Å². The van der Waals surface area contributed by atoms with Gasteiger partial charge in [-0.2, -0.15) is 11.3 Å². The van der Waals surface area contributed by atoms with Gasteiger partial charge in [0, 0.05) is 136 Å². The maximum atomic E-state index is 13.1. The Morgan fingerprint density at radius 3 is 1.20 bits per heavy atom. The van der Waals surface area contributed by atoms with Crippen molar-refractivity contribution in [1.29, 1.82) is 0 Å². The quantitative estimate of drug-likeness (QED) is 0.0206. The van der Waals surface area contributed by atoms with Crippen LogP contribution in [0.3, 0.4) is 0 Å². The van der Waals surface area contributed by atoms with E-state index in [0.29, 0.717) is 90.3 Å². The molecule has 6 aromatic rings. The van der Waals surface area contributed by atoms with E-state index < -0.39 is 35.1 Å². The minimum absolute atomic E-state index is 0.00370. The Kier molecular flexibility index (Phi) is 36.9. The molecule has 3 aromatic heterocycles. The first-order valence-electron chi connectivity index (χ1n) is 48.9. The summed E-state index contributed by atoms with van der Waals surface area (Å²) in [6.45, 7) is 12.2. The zero-order chi connectivity index (χ0) is 94.7. The number of rotatable bonds is 27. The van der Waals surface area contributed by atoms with Crippen LogP contribution in [0.25, 0.3) is 0 Å². The number of halogens is 1. The number of hydrogen-bond acceptors (Lipinski definition) is 29. The number of methoxy groups -OCH3 is 1. The molecule has 30 heteroatoms. The number of aliphatic hydroxyl groups is 3. The number of carbonyl (C=O) groups excluding carboxylic acids is 6. The Morgan fingerprint density at radius 2 is 0.835 bits per heavy atom. The zero-order valence-electron chi connectivity index (χ0n) is 79.7. The average Bonchev–Trinajstić information content (AvgIpc) is 1.23. The number of nitrogens with zero attached hydrogens (tertiary/aromatic N) is 9. The van der Waals surface area contributed by atoms with Gasteiger partial charge in [-0.1, -0.05) is 61.9 Å². The Hall–Kier alpha value is -8.34. The molecule has 0 amide bonds. The molecule has 9 N–H and O–H groups in total. The van der Waals surface area contributed by atoms with Gasteiger partial charge < -0.3 is 85.3 Å². The summed E-state index contributed by atoms with van der Waals surface area (Å²) in [6.07, 6.45) is 31.9. The van der Waals surface area contributed by atoms with E-state index >= 15 is 0 Å². The summed E-state index contributed by atoms with van der Waals surface area (Å²) < 4.78 is 52.9. The second kappa shape index (κ2) is 48.1. The SMILES string of the molecule is CCN1C2CCC1CC(OC(=O)C(CN)c1cccc(OC)c1)C2.CCN1C2CCC1CC(OC(=O)C(CN)c1ccncn1)C2.CN1C2CCC1CC(OC(=O)C(C)(CO)c1ccc(F)cc1)C2.CN1C2CCC1CC(OC(=O)C(CN)c1ccsc1)C2.CN1C2CCC1CC(OC(=O)C(CO)c1ccncc1)C2.Cc1ccc(C(CO)C(=O)OC2CC3CCC(C2)N3C)c(C)c1. The van der Waals surface area contributed by atoms with Crippen molar-refractivity contribution < 1.29 is 81.6 Å². The van der Waals surface area contributed by atoms with Gasteiger partial charge in [-0.25, -0.2) is 14.4 Å². The number of aromatic nitrogens is 3. The van der Waals surface area contributed by atoms with Gasteiger partial charge in [0.1, 0.15) is 77.7 Å². The summed E-state index contributed by atoms with van der Waals surface area (Å²) in [6, 6.07) is 32.9. The Morgan fingerprint density at radius 1 is 0.451 bits per heavy atom. The summed E-state index contributed by atoms with van der Waals surface area (Å²) in [4.78, 5) is 102. The number of aryl methyl sites for hydroxylation is 2. The van der Waals surface area contributed by atoms with Crippen LogP contribution in [0.5, 0.6) is 5.75 Å². The highest BCUT2D eigenvalue weighted by atomic mass is 32.1. The van der Waals surface area contributed by atoms with Crippen molar-refractivity contribution in [2.45, 2.75) is 333 Å². The molecule has 12 fully saturated rings. The molecule has 0 saturated carbocycles. The highest BCUT2D eigenvalue weighted by molar-refractivity contribution is 7.08. The summed E-state index contributed by atoms with van der Waals surface area (Å²) >= 11 is 1.59. The van der Waals surface area contributed by atoms with Crippen LogP contribution in [0, 0.1) is 19.7 Å². The maximum absolute atomic E-state index is 13.1. The first-order valence-corrected chi connectivity index (χ1v) is 49.8. The standard InChI is InChI=1S/C19H28N2O3.C19H27NO3.C18H24FNO3.C16H24N4O2.C16H22N2O3.C15H22N2O2S/c1-3-21-14-7-8-15(21)11-17(10-14)24-19(22)18(12-20)13-5-4-6-16(9-13)23-2;1-12-4-7-17(13(2)8-12)18(11-21)19(22)23-16-9-14-5-6-15(10-16)20(14)3;1-18(11-21,12-3-5-13(19)6-4-12)17(22)23-16-9-14-7-8-15(10-16)20(14)2;1-2-20-11-3-4-12(20)8-13(7-11)22-16(21)14(9-17)15-5-6-18-10-19-15;1-18-12-2-3-13(18)9-14(8-12)21-16(20)15(10-19)11-4-6-17-7-5-11;1-17-11-2-3-12(17)7-13(6-11)19-15(18)14(8-16)10-4-5-20-9-10/h4-6,9,14-15,17-18H,3,7-8,10-12,20H2,1-2H3;4,7-8,14-16,18,21H,5-6,9-11H2,1-3H3;3-6,14-16,21H,7-11H2,1-2H3;5-6,10-14H,2-4,7-9,17H2,1H3;4-7,12-15,19H,2-3,8-10H2,1H3;4-5,9,11-14H,2-3,6-8,16H2,1H3. The number of carbonyl (C=O) groups is 6. The number of benzene rings is 3. The van der Waals surface area contributed by atoms with Crippen molar-refractivity contribution in [3.8, 4) is 5.75 Å². The molecule has 0 aliphatic carbocycles. The largest absolute Gasteiger partial charge is 0.497 e. The minimum atomic E-state index is -1.16. The van der Waals surface area contributed by atoms with E-state index in [4.69, 9.17) is 50.4 Å². The molecule has 728 valence electrons. The monoisotopic (exact) mass is 1860 g/mol. The van der Waals surface area contributed by atoms with E-state index in [0.717, 1.165) is 142 Å². The third-order valence-electron chi connectivity index (χ3n) is 31.4. The van der Waals surface area contributed by atoms with Crippen molar-refractivity contribution >= 4 is 47.2 Å². The number of nitrogens with two attached hydrogens (primary N) is 3. The lowest BCUT2D eigenvalue weighted by atomic mass is 9.83. The average molecular weight is 1860 g/mol. The predicted octanol–water partition coefficient (Wildman–Crippen LogP) is 11.4. The lowest BCUT2D eigenvalue weighted by molar-refractivity contribution is -0.161. The van der Waals surface area contributed by atoms with Crippen molar-refractivity contribution in [3.05, 3.63) is 177 Å². The predicted molar refractivity (Wildman–Crippen MR) is 507 cm³/mol. The van der Waals surface area contributed by atoms with Crippen LogP contribution >= 0.6 is 11.3 Å². The number of ether oxygens (including phenoxy) is 7. The van der Waals surface area contributed by atoms with Crippen LogP contribution in [0.2, 0.25) is 0 Å². The third kappa shape index (κ3) is 25.4. The minimum Gasteiger partial charge on any atom is -0.497 e. The first-order chi connectivity index (χ1) is 64.2. The zero-order valence-corrected chi connectivity index (χ0v) is 80.5. The van der Waals surface area contributed by atoms with Crippen LogP contribution in [0.15, 0.2) is 127 Å². The second-order valence-electron chi connectivity index (χ2n) is 39.2. The van der Waals surface area contributed by atoms with Gasteiger partial charge in [0.25, 0.3) is 0 Å². The molecular weight excluding hydrogens is 1710 g/mol. The van der Waals surface area contributed by atoms with E-state index in [2.05, 4.69) is 86.4 Å². The smallest absolute Gasteiger partial charge is 0.318 e. The van der Waals surface area contributed by atoms with Crippen LogP contribution in [0.4, 0.5) is 4.39 Å². The molecule has 0 spiro atoms. The fourth-order valence-corrected chi connectivity index (χ4v) is 24.2. The molecule has 18 atom stereocenters. The molecule has 3 aromatic carbocycles. The Balaban J connectivity index is 0.000000136. The lowest BCUT2D eigenvalue weighted by Crippen LogP contribution is -2.46. The van der Waals surface area contributed by atoms with Gasteiger partial charge in [0.2, 0.25) is 0 Å². The summed E-state index contributed by atoms with van der Waals surface area (Å²) in [5, 5.41) is 33.0. The topological polar surface area (TPSA) is 364 Å². The number of aliphatic hydroxyl groups excluding tert-OH is 3. The molecule has 12 saturated heterocycles. The maximum Gasteiger partial charge on any atom is 0.318 e. The van der Waals surface area contributed by atoms with Gasteiger partial charge in [0.05, 0.1) is 44.5 Å². The number of esters is 6. The fourth-order valence-electron chi connectivity index (χ4n) is 23.5. The summed E-state index contributed by atoms with van der Waals surface area (Å²) in [7, 11) is 10.3. The van der Waals surface area contributed by atoms with Crippen molar-refractivity contribution in [3.63, 3.8) is 0 Å². The van der Waals surface area contributed by atoms with Gasteiger partial charge in [-0.15, -0.1) is 0 Å². The molecule has 133 heavy (non-hydrogen) atoms. The van der Waals surface area contributed by atoms with Crippen LogP contribution < -0.4 is 21.9 Å². The number of piperidine rings is 6. The summed E-state index contributed by atoms with van der Waals surface area (Å²) in [5.74, 6) is -3.70. The number of hydrogen-bond donors (Lipinski definition) is 6. The second-order valence-corrected chi connectivity index (χ2v) is 40.0. The fraction of sp³-hybridized carbons (Fsp3) is 0.641. The van der Waals surface area contributed by atoms with Gasteiger partial charge in [-0.05, 0) is 283 Å². The van der Waals surface area contributed by atoms with E-state index in [1.165, 1.54) is 94.8 Å². The number of thiophene rings is 1. The summed E-state index contributed by atoms with van der Waals surface area (Å²) in [5.41, 5.74) is 23.1. The molecule has 28 nitrogen and oxygen atoms in total.